The van der Waals surface area contributed by atoms with Gasteiger partial charge in [-0.15, -0.1) is 0 Å². The number of rotatable bonds is 7. The third-order valence-corrected chi connectivity index (χ3v) is 2.46. The van der Waals surface area contributed by atoms with Crippen LogP contribution in [0.1, 0.15) is 40.0 Å². The molecule has 1 N–H and O–H groups in total. The number of hydrogen-bond donors (Lipinski definition) is 1. The summed E-state index contributed by atoms with van der Waals surface area (Å²) in [4.78, 5) is 0. The first kappa shape index (κ1) is 11.7. The summed E-state index contributed by atoms with van der Waals surface area (Å²) in [6.45, 7) is 12.8. The summed E-state index contributed by atoms with van der Waals surface area (Å²) in [5.41, 5.74) is 1.31. The monoisotopic (exact) mass is 169 g/mol. The predicted molar refractivity (Wildman–Crippen MR) is 56.4 cm³/mol. The molecule has 0 unspecified atom stereocenters. The SMILES string of the molecule is C=C(CC)CNCC(CC)CC. The maximum atomic E-state index is 3.96. The molecule has 1 nitrogen and oxygen atoms in total. The molecule has 0 rings (SSSR count). The topological polar surface area (TPSA) is 12.0 Å². The molecular formula is C11H23N. The fourth-order valence-electron chi connectivity index (χ4n) is 1.16. The number of nitrogens with one attached hydrogen (secondary N) is 1. The fourth-order valence-corrected chi connectivity index (χ4v) is 1.16. The van der Waals surface area contributed by atoms with Crippen molar-refractivity contribution in [2.45, 2.75) is 40.0 Å². The van der Waals surface area contributed by atoms with Gasteiger partial charge < -0.3 is 5.32 Å². The van der Waals surface area contributed by atoms with Crippen molar-refractivity contribution >= 4 is 0 Å². The molecule has 0 aliphatic carbocycles. The van der Waals surface area contributed by atoms with E-state index >= 15 is 0 Å². The van der Waals surface area contributed by atoms with E-state index in [1.165, 1.54) is 18.4 Å². The Morgan fingerprint density at radius 2 is 1.83 bits per heavy atom. The van der Waals surface area contributed by atoms with Gasteiger partial charge >= 0.3 is 0 Å². The number of hydrogen-bond acceptors (Lipinski definition) is 1. The first-order valence-electron chi connectivity index (χ1n) is 5.11. The summed E-state index contributed by atoms with van der Waals surface area (Å²) >= 11 is 0. The minimum Gasteiger partial charge on any atom is -0.313 e. The summed E-state index contributed by atoms with van der Waals surface area (Å²) in [5, 5.41) is 3.44. The van der Waals surface area contributed by atoms with Crippen LogP contribution in [0.15, 0.2) is 12.2 Å². The van der Waals surface area contributed by atoms with Crippen LogP contribution in [0, 0.1) is 5.92 Å². The van der Waals surface area contributed by atoms with Crippen LogP contribution < -0.4 is 5.32 Å². The molecule has 0 aromatic heterocycles. The van der Waals surface area contributed by atoms with E-state index in [4.69, 9.17) is 0 Å². The largest absolute Gasteiger partial charge is 0.313 e. The van der Waals surface area contributed by atoms with Gasteiger partial charge in [0.05, 0.1) is 0 Å². The Hall–Kier alpha value is -0.300. The summed E-state index contributed by atoms with van der Waals surface area (Å²) < 4.78 is 0. The van der Waals surface area contributed by atoms with Gasteiger partial charge in [-0.1, -0.05) is 45.8 Å². The van der Waals surface area contributed by atoms with Crippen molar-refractivity contribution in [1.82, 2.24) is 5.32 Å². The van der Waals surface area contributed by atoms with E-state index in [9.17, 15) is 0 Å². The highest BCUT2D eigenvalue weighted by molar-refractivity contribution is 4.94. The Bertz CT molecular complexity index is 114. The Labute approximate surface area is 77.2 Å². The molecule has 0 saturated carbocycles. The van der Waals surface area contributed by atoms with E-state index in [1.54, 1.807) is 0 Å². The fraction of sp³-hybridized carbons (Fsp3) is 0.818. The van der Waals surface area contributed by atoms with Crippen molar-refractivity contribution in [3.63, 3.8) is 0 Å². The van der Waals surface area contributed by atoms with Crippen LogP contribution in [-0.4, -0.2) is 13.1 Å². The summed E-state index contributed by atoms with van der Waals surface area (Å²) in [6.07, 6.45) is 3.65. The molecule has 0 bridgehead atoms. The van der Waals surface area contributed by atoms with Crippen molar-refractivity contribution < 1.29 is 0 Å². The highest BCUT2D eigenvalue weighted by atomic mass is 14.9. The molecule has 12 heavy (non-hydrogen) atoms. The highest BCUT2D eigenvalue weighted by Crippen LogP contribution is 2.05. The Balaban J connectivity index is 3.34. The predicted octanol–water partition coefficient (Wildman–Crippen LogP) is 2.98. The van der Waals surface area contributed by atoms with Gasteiger partial charge in [0.2, 0.25) is 0 Å². The first-order valence-corrected chi connectivity index (χ1v) is 5.11. The van der Waals surface area contributed by atoms with Crippen molar-refractivity contribution in [1.29, 1.82) is 0 Å². The van der Waals surface area contributed by atoms with Gasteiger partial charge in [0.15, 0.2) is 0 Å². The quantitative estimate of drug-likeness (QED) is 0.578. The van der Waals surface area contributed by atoms with Crippen LogP contribution in [0.25, 0.3) is 0 Å². The Morgan fingerprint density at radius 1 is 1.25 bits per heavy atom. The van der Waals surface area contributed by atoms with E-state index in [0.29, 0.717) is 0 Å². The van der Waals surface area contributed by atoms with Crippen LogP contribution in [0.4, 0.5) is 0 Å². The molecule has 0 fully saturated rings. The lowest BCUT2D eigenvalue weighted by atomic mass is 10.0. The lowest BCUT2D eigenvalue weighted by Gasteiger charge is -2.13. The zero-order valence-electron chi connectivity index (χ0n) is 8.82. The standard InChI is InChI=1S/C11H23N/c1-5-10(4)8-12-9-11(6-2)7-3/h11-12H,4-9H2,1-3H3. The zero-order chi connectivity index (χ0) is 9.40. The molecule has 0 heterocycles. The molecule has 0 amide bonds. The average Bonchev–Trinajstić information content (AvgIpc) is 2.12. The molecule has 0 atom stereocenters. The smallest absolute Gasteiger partial charge is 0.0161 e. The van der Waals surface area contributed by atoms with E-state index < -0.39 is 0 Å². The lowest BCUT2D eigenvalue weighted by Crippen LogP contribution is -2.23. The van der Waals surface area contributed by atoms with Crippen LogP contribution in [0.2, 0.25) is 0 Å². The molecule has 0 saturated heterocycles. The van der Waals surface area contributed by atoms with Crippen LogP contribution in [0.3, 0.4) is 0 Å². The van der Waals surface area contributed by atoms with E-state index in [-0.39, 0.29) is 0 Å². The van der Waals surface area contributed by atoms with Gasteiger partial charge in [-0.3, -0.25) is 0 Å². The second-order valence-corrected chi connectivity index (χ2v) is 3.42. The van der Waals surface area contributed by atoms with Gasteiger partial charge in [0, 0.05) is 6.54 Å². The van der Waals surface area contributed by atoms with Gasteiger partial charge in [0.1, 0.15) is 0 Å². The van der Waals surface area contributed by atoms with Gasteiger partial charge in [-0.25, -0.2) is 0 Å². The molecule has 1 heteroatoms. The third-order valence-electron chi connectivity index (χ3n) is 2.46. The van der Waals surface area contributed by atoms with Crippen molar-refractivity contribution in [2.24, 2.45) is 5.92 Å². The molecule has 0 aliphatic rings. The van der Waals surface area contributed by atoms with Crippen molar-refractivity contribution in [3.05, 3.63) is 12.2 Å². The van der Waals surface area contributed by atoms with Gasteiger partial charge in [-0.2, -0.15) is 0 Å². The van der Waals surface area contributed by atoms with E-state index in [1.807, 2.05) is 0 Å². The van der Waals surface area contributed by atoms with Crippen LogP contribution in [-0.2, 0) is 0 Å². The zero-order valence-corrected chi connectivity index (χ0v) is 8.82. The second-order valence-electron chi connectivity index (χ2n) is 3.42. The minimum absolute atomic E-state index is 0.842. The maximum absolute atomic E-state index is 3.96. The van der Waals surface area contributed by atoms with Gasteiger partial charge in [0.25, 0.3) is 0 Å². The van der Waals surface area contributed by atoms with E-state index in [0.717, 1.165) is 25.4 Å². The Kier molecular flexibility index (Phi) is 7.17. The van der Waals surface area contributed by atoms with Crippen LogP contribution >= 0.6 is 0 Å². The molecule has 0 aliphatic heterocycles. The van der Waals surface area contributed by atoms with Crippen LogP contribution in [0.5, 0.6) is 0 Å². The molecule has 0 radical (unpaired) electrons. The molecule has 0 spiro atoms. The molecular weight excluding hydrogens is 146 g/mol. The van der Waals surface area contributed by atoms with Gasteiger partial charge in [-0.05, 0) is 18.9 Å². The second kappa shape index (κ2) is 7.35. The summed E-state index contributed by atoms with van der Waals surface area (Å²) in [5.74, 6) is 0.842. The molecule has 0 aromatic carbocycles. The first-order chi connectivity index (χ1) is 5.74. The summed E-state index contributed by atoms with van der Waals surface area (Å²) in [7, 11) is 0. The molecule has 0 aromatic rings. The maximum Gasteiger partial charge on any atom is 0.0161 e. The van der Waals surface area contributed by atoms with E-state index in [2.05, 4.69) is 32.7 Å². The minimum atomic E-state index is 0.842. The van der Waals surface area contributed by atoms with Crippen molar-refractivity contribution in [3.8, 4) is 0 Å². The normalized spacial score (nSPS) is 10.7. The average molecular weight is 169 g/mol. The Morgan fingerprint density at radius 3 is 2.25 bits per heavy atom. The third kappa shape index (κ3) is 5.36. The summed E-state index contributed by atoms with van der Waals surface area (Å²) in [6, 6.07) is 0. The lowest BCUT2D eigenvalue weighted by molar-refractivity contribution is 0.458. The highest BCUT2D eigenvalue weighted by Gasteiger charge is 2.01. The van der Waals surface area contributed by atoms with Crippen molar-refractivity contribution in [2.75, 3.05) is 13.1 Å². The molecule has 72 valence electrons.